The molecule has 164 valence electrons. The number of anilines is 1. The molecular weight excluding hydrogens is 454 g/mol. The highest BCUT2D eigenvalue weighted by Crippen LogP contribution is 2.39. The number of rotatable bonds is 6. The van der Waals surface area contributed by atoms with Crippen molar-refractivity contribution >= 4 is 55.0 Å². The fraction of sp³-hybridized carbons (Fsp3) is 0.115. The van der Waals surface area contributed by atoms with E-state index in [1.54, 1.807) is 36.5 Å². The van der Waals surface area contributed by atoms with Crippen molar-refractivity contribution in [2.75, 3.05) is 12.0 Å². The van der Waals surface area contributed by atoms with Crippen molar-refractivity contribution in [1.82, 2.24) is 9.97 Å². The first kappa shape index (κ1) is 21.4. The molecule has 1 amide bonds. The summed E-state index contributed by atoms with van der Waals surface area (Å²) in [5.74, 6) is 0.582. The zero-order chi connectivity index (χ0) is 22.8. The molecule has 0 aliphatic heterocycles. The molecule has 2 aromatic heterocycles. The van der Waals surface area contributed by atoms with Crippen LogP contribution in [0.15, 0.2) is 79.1 Å². The van der Waals surface area contributed by atoms with Crippen LogP contribution in [0.4, 0.5) is 5.13 Å². The van der Waals surface area contributed by atoms with Crippen molar-refractivity contribution in [1.29, 1.82) is 0 Å². The number of halogens is 1. The second kappa shape index (κ2) is 9.17. The molecule has 0 unspecified atom stereocenters. The Morgan fingerprint density at radius 3 is 2.58 bits per heavy atom. The van der Waals surface area contributed by atoms with Crippen molar-refractivity contribution in [3.63, 3.8) is 0 Å². The minimum Gasteiger partial charge on any atom is -0.494 e. The van der Waals surface area contributed by atoms with Gasteiger partial charge in [0.1, 0.15) is 11.3 Å². The van der Waals surface area contributed by atoms with Crippen LogP contribution in [-0.2, 0) is 17.8 Å². The van der Waals surface area contributed by atoms with E-state index in [-0.39, 0.29) is 12.3 Å². The van der Waals surface area contributed by atoms with Gasteiger partial charge in [-0.05, 0) is 46.2 Å². The van der Waals surface area contributed by atoms with Gasteiger partial charge in [-0.2, -0.15) is 0 Å². The van der Waals surface area contributed by atoms with Crippen LogP contribution >= 0.6 is 22.9 Å². The Labute approximate surface area is 200 Å². The fourth-order valence-electron chi connectivity index (χ4n) is 3.77. The Morgan fingerprint density at radius 1 is 1.00 bits per heavy atom. The number of thiazole rings is 1. The number of carbonyl (C=O) groups is 1. The molecule has 0 radical (unpaired) electrons. The molecule has 0 aliphatic rings. The SMILES string of the molecule is COc1ccc(Cl)c2sc(N(Cc3ccncc3)C(=O)Cc3ccc4ccccc4c3)nc12. The lowest BCUT2D eigenvalue weighted by Gasteiger charge is -2.20. The Hall–Kier alpha value is -3.48. The summed E-state index contributed by atoms with van der Waals surface area (Å²) in [7, 11) is 1.60. The van der Waals surface area contributed by atoms with Gasteiger partial charge in [-0.25, -0.2) is 4.98 Å². The highest BCUT2D eigenvalue weighted by atomic mass is 35.5. The number of nitrogens with zero attached hydrogens (tertiary/aromatic N) is 3. The van der Waals surface area contributed by atoms with Crippen molar-refractivity contribution in [2.45, 2.75) is 13.0 Å². The molecule has 0 spiro atoms. The van der Waals surface area contributed by atoms with Crippen LogP contribution in [0.1, 0.15) is 11.1 Å². The molecule has 0 aliphatic carbocycles. The molecule has 5 aromatic rings. The predicted molar refractivity (Wildman–Crippen MR) is 134 cm³/mol. The van der Waals surface area contributed by atoms with Gasteiger partial charge in [0, 0.05) is 12.4 Å². The van der Waals surface area contributed by atoms with Gasteiger partial charge < -0.3 is 4.74 Å². The number of hydrogen-bond donors (Lipinski definition) is 0. The van der Waals surface area contributed by atoms with Crippen molar-refractivity contribution < 1.29 is 9.53 Å². The number of ether oxygens (including phenoxy) is 1. The standard InChI is InChI=1S/C26H20ClN3O2S/c1-32-22-9-8-21(27)25-24(22)29-26(33-25)30(16-17-10-12-28-13-11-17)23(31)15-18-6-7-19-4-2-3-5-20(19)14-18/h2-14H,15-16H2,1H3. The molecule has 0 bridgehead atoms. The van der Waals surface area contributed by atoms with E-state index >= 15 is 0 Å². The van der Waals surface area contributed by atoms with Crippen LogP contribution < -0.4 is 9.64 Å². The number of aromatic nitrogens is 2. The lowest BCUT2D eigenvalue weighted by atomic mass is 10.0. The zero-order valence-electron chi connectivity index (χ0n) is 17.9. The molecule has 3 aromatic carbocycles. The number of fused-ring (bicyclic) bond motifs is 2. The van der Waals surface area contributed by atoms with Gasteiger partial charge in [-0.15, -0.1) is 0 Å². The van der Waals surface area contributed by atoms with Gasteiger partial charge in [-0.3, -0.25) is 14.7 Å². The molecule has 5 rings (SSSR count). The molecular formula is C26H20ClN3O2S. The van der Waals surface area contributed by atoms with Crippen LogP contribution in [-0.4, -0.2) is 23.0 Å². The molecule has 33 heavy (non-hydrogen) atoms. The van der Waals surface area contributed by atoms with E-state index in [0.29, 0.717) is 28.0 Å². The van der Waals surface area contributed by atoms with Crippen LogP contribution in [0.3, 0.4) is 0 Å². The smallest absolute Gasteiger partial charge is 0.233 e. The molecule has 0 saturated heterocycles. The molecule has 7 heteroatoms. The Bertz CT molecular complexity index is 1450. The van der Waals surface area contributed by atoms with Gasteiger partial charge in [0.05, 0.1) is 29.8 Å². The minimum atomic E-state index is -0.0451. The minimum absolute atomic E-state index is 0.0451. The fourth-order valence-corrected chi connectivity index (χ4v) is 5.05. The summed E-state index contributed by atoms with van der Waals surface area (Å²) in [6.45, 7) is 0.384. The van der Waals surface area contributed by atoms with Gasteiger partial charge in [-0.1, -0.05) is 65.4 Å². The summed E-state index contributed by atoms with van der Waals surface area (Å²) in [6, 6.07) is 21.6. The quantitative estimate of drug-likeness (QED) is 0.291. The normalized spacial score (nSPS) is 11.1. The van der Waals surface area contributed by atoms with E-state index in [9.17, 15) is 4.79 Å². The van der Waals surface area contributed by atoms with Crippen LogP contribution in [0.2, 0.25) is 5.02 Å². The predicted octanol–water partition coefficient (Wildman–Crippen LogP) is 6.28. The van der Waals surface area contributed by atoms with Gasteiger partial charge in [0.2, 0.25) is 5.91 Å². The monoisotopic (exact) mass is 473 g/mol. The van der Waals surface area contributed by atoms with Gasteiger partial charge >= 0.3 is 0 Å². The van der Waals surface area contributed by atoms with E-state index < -0.39 is 0 Å². The third-order valence-corrected chi connectivity index (χ3v) is 7.00. The number of pyridine rings is 1. The maximum Gasteiger partial charge on any atom is 0.233 e. The lowest BCUT2D eigenvalue weighted by Crippen LogP contribution is -2.31. The van der Waals surface area contributed by atoms with Crippen LogP contribution in [0, 0.1) is 0 Å². The van der Waals surface area contributed by atoms with E-state index in [1.807, 2.05) is 36.4 Å². The summed E-state index contributed by atoms with van der Waals surface area (Å²) < 4.78 is 6.26. The summed E-state index contributed by atoms with van der Waals surface area (Å²) >= 11 is 7.82. The van der Waals surface area contributed by atoms with Crippen LogP contribution in [0.5, 0.6) is 5.75 Å². The van der Waals surface area contributed by atoms with Crippen molar-refractivity contribution in [3.8, 4) is 5.75 Å². The molecule has 0 N–H and O–H groups in total. The number of amides is 1. The maximum atomic E-state index is 13.6. The molecule has 0 fully saturated rings. The van der Waals surface area contributed by atoms with E-state index in [2.05, 4.69) is 23.2 Å². The Morgan fingerprint density at radius 2 is 1.79 bits per heavy atom. The zero-order valence-corrected chi connectivity index (χ0v) is 19.4. The Balaban J connectivity index is 1.53. The van der Waals surface area contributed by atoms with Crippen LogP contribution in [0.25, 0.3) is 21.0 Å². The first-order valence-corrected chi connectivity index (χ1v) is 11.6. The summed E-state index contributed by atoms with van der Waals surface area (Å²) in [6.07, 6.45) is 3.70. The number of methoxy groups -OCH3 is 1. The van der Waals surface area contributed by atoms with Gasteiger partial charge in [0.15, 0.2) is 5.13 Å². The molecule has 5 nitrogen and oxygen atoms in total. The average molecular weight is 474 g/mol. The first-order valence-electron chi connectivity index (χ1n) is 10.4. The maximum absolute atomic E-state index is 13.6. The van der Waals surface area contributed by atoms with E-state index in [4.69, 9.17) is 21.3 Å². The largest absolute Gasteiger partial charge is 0.494 e. The molecule has 0 saturated carbocycles. The van der Waals surface area contributed by atoms with Crippen molar-refractivity contribution in [3.05, 3.63) is 95.3 Å². The topological polar surface area (TPSA) is 55.3 Å². The third kappa shape index (κ3) is 4.40. The first-order chi connectivity index (χ1) is 16.1. The number of benzene rings is 3. The van der Waals surface area contributed by atoms with E-state index in [1.165, 1.54) is 11.3 Å². The third-order valence-electron chi connectivity index (χ3n) is 5.46. The van der Waals surface area contributed by atoms with E-state index in [0.717, 1.165) is 26.6 Å². The molecule has 2 heterocycles. The second-order valence-corrected chi connectivity index (χ2v) is 9.00. The average Bonchev–Trinajstić information content (AvgIpc) is 3.29. The summed E-state index contributed by atoms with van der Waals surface area (Å²) in [5, 5.41) is 3.43. The highest BCUT2D eigenvalue weighted by molar-refractivity contribution is 7.23. The second-order valence-electron chi connectivity index (χ2n) is 7.62. The summed E-state index contributed by atoms with van der Waals surface area (Å²) in [5.41, 5.74) is 2.58. The molecule has 0 atom stereocenters. The highest BCUT2D eigenvalue weighted by Gasteiger charge is 2.23. The van der Waals surface area contributed by atoms with Gasteiger partial charge in [0.25, 0.3) is 0 Å². The lowest BCUT2D eigenvalue weighted by molar-refractivity contribution is -0.118. The summed E-state index contributed by atoms with van der Waals surface area (Å²) in [4.78, 5) is 24.1. The van der Waals surface area contributed by atoms with Crippen molar-refractivity contribution in [2.24, 2.45) is 0 Å². The number of carbonyl (C=O) groups excluding carboxylic acids is 1. The number of hydrogen-bond acceptors (Lipinski definition) is 5. The Kier molecular flexibility index (Phi) is 5.94.